The molecule has 0 radical (unpaired) electrons. The van der Waals surface area contributed by atoms with E-state index in [2.05, 4.69) is 15.1 Å². The number of aromatic nitrogens is 4. The summed E-state index contributed by atoms with van der Waals surface area (Å²) in [5.74, 6) is -0.239. The number of pyridine rings is 1. The van der Waals surface area contributed by atoms with Crippen LogP contribution in [0.1, 0.15) is 0 Å². The lowest BCUT2D eigenvalue weighted by atomic mass is 10.2. The fourth-order valence-electron chi connectivity index (χ4n) is 2.00. The quantitative estimate of drug-likeness (QED) is 0.567. The summed E-state index contributed by atoms with van der Waals surface area (Å²) in [5.41, 5.74) is 1.78. The van der Waals surface area contributed by atoms with Gasteiger partial charge in [-0.05, 0) is 24.3 Å². The fourth-order valence-corrected chi connectivity index (χ4v) is 3.90. The van der Waals surface area contributed by atoms with E-state index in [1.165, 1.54) is 29.2 Å². The molecule has 0 atom stereocenters. The Bertz CT molecular complexity index is 902. The lowest BCUT2D eigenvalue weighted by molar-refractivity contribution is 0.602. The van der Waals surface area contributed by atoms with Gasteiger partial charge in [0.2, 0.25) is 4.96 Å². The second-order valence-electron chi connectivity index (χ2n) is 4.50. The molecule has 0 fully saturated rings. The zero-order valence-corrected chi connectivity index (χ0v) is 12.8. The normalized spacial score (nSPS) is 11.1. The third-order valence-corrected chi connectivity index (χ3v) is 5.04. The molecule has 0 amide bonds. The van der Waals surface area contributed by atoms with Crippen molar-refractivity contribution in [2.45, 2.75) is 9.24 Å². The maximum atomic E-state index is 13.7. The van der Waals surface area contributed by atoms with E-state index in [-0.39, 0.29) is 5.82 Å². The van der Waals surface area contributed by atoms with Gasteiger partial charge >= 0.3 is 0 Å². The highest BCUT2D eigenvalue weighted by Crippen LogP contribution is 2.33. The van der Waals surface area contributed by atoms with Gasteiger partial charge in [0, 0.05) is 18.0 Å². The first kappa shape index (κ1) is 13.4. The van der Waals surface area contributed by atoms with Crippen LogP contribution in [0.2, 0.25) is 0 Å². The van der Waals surface area contributed by atoms with Crippen LogP contribution in [-0.2, 0) is 0 Å². The summed E-state index contributed by atoms with van der Waals surface area (Å²) in [6.07, 6.45) is 5.35. The third kappa shape index (κ3) is 2.49. The summed E-state index contributed by atoms with van der Waals surface area (Å²) in [7, 11) is 0. The Labute approximate surface area is 133 Å². The van der Waals surface area contributed by atoms with E-state index in [4.69, 9.17) is 0 Å². The summed E-state index contributed by atoms with van der Waals surface area (Å²) >= 11 is 2.74. The molecule has 4 rings (SSSR count). The van der Waals surface area contributed by atoms with E-state index < -0.39 is 0 Å². The smallest absolute Gasteiger partial charge is 0.213 e. The van der Waals surface area contributed by atoms with Crippen molar-refractivity contribution in [1.82, 2.24) is 19.6 Å². The van der Waals surface area contributed by atoms with Crippen LogP contribution in [0.4, 0.5) is 4.39 Å². The van der Waals surface area contributed by atoms with E-state index in [1.807, 2.05) is 24.4 Å². The molecule has 0 aliphatic carbocycles. The molecule has 22 heavy (non-hydrogen) atoms. The standard InChI is InChI=1S/C15H9FN4S2/c16-11-5-1-2-6-13(11)21-15-19-20-9-12(18-14(20)22-15)10-4-3-7-17-8-10/h1-9H. The minimum atomic E-state index is -0.239. The largest absolute Gasteiger partial charge is 0.264 e. The van der Waals surface area contributed by atoms with Crippen molar-refractivity contribution in [3.05, 3.63) is 60.8 Å². The second kappa shape index (κ2) is 5.51. The van der Waals surface area contributed by atoms with Crippen LogP contribution in [0.5, 0.6) is 0 Å². The maximum Gasteiger partial charge on any atom is 0.213 e. The Morgan fingerprint density at radius 1 is 1.14 bits per heavy atom. The number of fused-ring (bicyclic) bond motifs is 1. The van der Waals surface area contributed by atoms with E-state index in [9.17, 15) is 4.39 Å². The molecule has 0 saturated carbocycles. The van der Waals surface area contributed by atoms with Crippen molar-refractivity contribution in [3.63, 3.8) is 0 Å². The zero-order chi connectivity index (χ0) is 14.9. The van der Waals surface area contributed by atoms with Crippen molar-refractivity contribution in [3.8, 4) is 11.3 Å². The van der Waals surface area contributed by atoms with Crippen molar-refractivity contribution < 1.29 is 4.39 Å². The number of halogens is 1. The minimum Gasteiger partial charge on any atom is -0.264 e. The van der Waals surface area contributed by atoms with E-state index in [1.54, 1.807) is 29.0 Å². The molecule has 0 aliphatic rings. The summed E-state index contributed by atoms with van der Waals surface area (Å²) in [5, 5.41) is 4.44. The Morgan fingerprint density at radius 2 is 2.05 bits per heavy atom. The molecule has 3 aromatic heterocycles. The van der Waals surface area contributed by atoms with Gasteiger partial charge < -0.3 is 0 Å². The molecule has 4 aromatic rings. The van der Waals surface area contributed by atoms with E-state index in [0.29, 0.717) is 4.90 Å². The molecule has 0 bridgehead atoms. The van der Waals surface area contributed by atoms with Crippen LogP contribution in [0, 0.1) is 5.82 Å². The molecule has 0 aliphatic heterocycles. The Kier molecular flexibility index (Phi) is 3.36. The second-order valence-corrected chi connectivity index (χ2v) is 6.74. The number of rotatable bonds is 3. The first-order valence-corrected chi connectivity index (χ1v) is 8.12. The molecule has 0 unspecified atom stereocenters. The van der Waals surface area contributed by atoms with Gasteiger partial charge in [-0.3, -0.25) is 4.98 Å². The molecule has 4 nitrogen and oxygen atoms in total. The molecular weight excluding hydrogens is 319 g/mol. The highest BCUT2D eigenvalue weighted by molar-refractivity contribution is 8.01. The van der Waals surface area contributed by atoms with Crippen LogP contribution < -0.4 is 0 Å². The number of imidazole rings is 1. The minimum absolute atomic E-state index is 0.239. The van der Waals surface area contributed by atoms with Crippen molar-refractivity contribution >= 4 is 28.1 Å². The van der Waals surface area contributed by atoms with Crippen LogP contribution >= 0.6 is 23.1 Å². The average molecular weight is 328 g/mol. The highest BCUT2D eigenvalue weighted by atomic mass is 32.2. The Balaban J connectivity index is 1.66. The fraction of sp³-hybridized carbons (Fsp3) is 0. The first-order chi connectivity index (χ1) is 10.8. The monoisotopic (exact) mass is 328 g/mol. The molecule has 0 spiro atoms. The molecular formula is C15H9FN4S2. The summed E-state index contributed by atoms with van der Waals surface area (Å²) in [4.78, 5) is 9.96. The molecule has 7 heteroatoms. The Hall–Kier alpha value is -2.25. The molecule has 0 saturated heterocycles. The average Bonchev–Trinajstić information content (AvgIpc) is 3.09. The Morgan fingerprint density at radius 3 is 2.82 bits per heavy atom. The van der Waals surface area contributed by atoms with Crippen LogP contribution in [0.15, 0.2) is 64.2 Å². The van der Waals surface area contributed by atoms with Crippen molar-refractivity contribution in [1.29, 1.82) is 0 Å². The highest BCUT2D eigenvalue weighted by Gasteiger charge is 2.12. The van der Waals surface area contributed by atoms with Crippen molar-refractivity contribution in [2.75, 3.05) is 0 Å². The molecule has 108 valence electrons. The first-order valence-electron chi connectivity index (χ1n) is 6.48. The van der Waals surface area contributed by atoms with Gasteiger partial charge in [-0.15, -0.1) is 5.10 Å². The lowest BCUT2D eigenvalue weighted by Gasteiger charge is -1.97. The number of nitrogens with zero attached hydrogens (tertiary/aromatic N) is 4. The van der Waals surface area contributed by atoms with Gasteiger partial charge in [-0.2, -0.15) is 0 Å². The molecule has 3 heterocycles. The summed E-state index contributed by atoms with van der Waals surface area (Å²) < 4.78 is 16.1. The zero-order valence-electron chi connectivity index (χ0n) is 11.2. The topological polar surface area (TPSA) is 43.1 Å². The van der Waals surface area contributed by atoms with Crippen molar-refractivity contribution in [2.24, 2.45) is 0 Å². The van der Waals surface area contributed by atoms with Gasteiger partial charge in [0.25, 0.3) is 0 Å². The van der Waals surface area contributed by atoms with E-state index >= 15 is 0 Å². The van der Waals surface area contributed by atoms with Gasteiger partial charge in [0.1, 0.15) is 5.82 Å². The van der Waals surface area contributed by atoms with E-state index in [0.717, 1.165) is 20.6 Å². The SMILES string of the molecule is Fc1ccccc1Sc1nn2cc(-c3cccnc3)nc2s1. The number of hydrogen-bond donors (Lipinski definition) is 0. The van der Waals surface area contributed by atoms with Crippen LogP contribution in [0.25, 0.3) is 16.2 Å². The van der Waals surface area contributed by atoms with Gasteiger partial charge in [-0.1, -0.05) is 35.2 Å². The number of hydrogen-bond acceptors (Lipinski definition) is 5. The maximum absolute atomic E-state index is 13.7. The van der Waals surface area contributed by atoms with Crippen LogP contribution in [-0.4, -0.2) is 19.6 Å². The predicted octanol–water partition coefficient (Wildman–Crippen LogP) is 4.14. The summed E-state index contributed by atoms with van der Waals surface area (Å²) in [6, 6.07) is 10.5. The van der Waals surface area contributed by atoms with Gasteiger partial charge in [0.05, 0.1) is 16.8 Å². The lowest BCUT2D eigenvalue weighted by Crippen LogP contribution is -1.83. The van der Waals surface area contributed by atoms with Gasteiger partial charge in [0.15, 0.2) is 4.34 Å². The molecule has 0 N–H and O–H groups in total. The third-order valence-electron chi connectivity index (χ3n) is 3.02. The predicted molar refractivity (Wildman–Crippen MR) is 84.6 cm³/mol. The number of benzene rings is 1. The van der Waals surface area contributed by atoms with Crippen LogP contribution in [0.3, 0.4) is 0 Å². The summed E-state index contributed by atoms with van der Waals surface area (Å²) in [6.45, 7) is 0. The van der Waals surface area contributed by atoms with Gasteiger partial charge in [-0.25, -0.2) is 13.9 Å². The molecule has 1 aromatic carbocycles.